The second-order valence-electron chi connectivity index (χ2n) is 6.15. The third-order valence-corrected chi connectivity index (χ3v) is 4.36. The summed E-state index contributed by atoms with van der Waals surface area (Å²) in [6.45, 7) is 5.76. The fraction of sp³-hybridized carbons (Fsp3) is 0.316. The van der Waals surface area contributed by atoms with Crippen LogP contribution in [0.25, 0.3) is 5.69 Å². The van der Waals surface area contributed by atoms with Crippen LogP contribution in [0.15, 0.2) is 47.5 Å². The van der Waals surface area contributed by atoms with Gasteiger partial charge in [0.2, 0.25) is 5.91 Å². The Morgan fingerprint density at radius 1 is 1.28 bits per heavy atom. The largest absolute Gasteiger partial charge is 0.361 e. The van der Waals surface area contributed by atoms with Gasteiger partial charge >= 0.3 is 0 Å². The Morgan fingerprint density at radius 3 is 2.64 bits per heavy atom. The number of nitrogens with one attached hydrogen (secondary N) is 1. The molecule has 0 bridgehead atoms. The third-order valence-electron chi connectivity index (χ3n) is 4.36. The average molecular weight is 338 g/mol. The van der Waals surface area contributed by atoms with Crippen molar-refractivity contribution >= 4 is 5.91 Å². The number of hydrogen-bond acceptors (Lipinski definition) is 4. The number of aryl methyl sites for hydroxylation is 2. The molecule has 3 aromatic rings. The van der Waals surface area contributed by atoms with E-state index >= 15 is 0 Å². The molecule has 0 fully saturated rings. The Bertz CT molecular complexity index is 815. The van der Waals surface area contributed by atoms with E-state index in [1.54, 1.807) is 12.5 Å². The molecule has 0 aliphatic carbocycles. The first kappa shape index (κ1) is 17.0. The van der Waals surface area contributed by atoms with Crippen molar-refractivity contribution in [1.82, 2.24) is 20.0 Å². The zero-order chi connectivity index (χ0) is 17.8. The summed E-state index contributed by atoms with van der Waals surface area (Å²) in [6, 6.07) is 8.03. The van der Waals surface area contributed by atoms with Gasteiger partial charge in [-0.3, -0.25) is 4.79 Å². The van der Waals surface area contributed by atoms with Gasteiger partial charge in [0.1, 0.15) is 5.76 Å². The van der Waals surface area contributed by atoms with Crippen LogP contribution in [0.2, 0.25) is 0 Å². The number of carbonyl (C=O) groups excluding carboxylic acids is 1. The zero-order valence-corrected chi connectivity index (χ0v) is 14.7. The molecule has 0 unspecified atom stereocenters. The lowest BCUT2D eigenvalue weighted by Gasteiger charge is -2.15. The summed E-state index contributed by atoms with van der Waals surface area (Å²) in [5.74, 6) is 0.805. The maximum absolute atomic E-state index is 12.2. The number of amides is 1. The van der Waals surface area contributed by atoms with E-state index in [9.17, 15) is 4.79 Å². The van der Waals surface area contributed by atoms with Gasteiger partial charge < -0.3 is 14.4 Å². The van der Waals surface area contributed by atoms with Gasteiger partial charge in [-0.2, -0.15) is 0 Å². The molecule has 6 heteroatoms. The molecule has 0 saturated carbocycles. The van der Waals surface area contributed by atoms with E-state index in [2.05, 4.69) is 15.5 Å². The lowest BCUT2D eigenvalue weighted by molar-refractivity contribution is -0.121. The topological polar surface area (TPSA) is 73.0 Å². The number of benzene rings is 1. The van der Waals surface area contributed by atoms with E-state index in [1.165, 1.54) is 0 Å². The first-order valence-electron chi connectivity index (χ1n) is 8.34. The predicted octanol–water partition coefficient (Wildman–Crippen LogP) is 3.29. The Morgan fingerprint density at radius 2 is 2.04 bits per heavy atom. The summed E-state index contributed by atoms with van der Waals surface area (Å²) in [6.07, 6.45) is 6.46. The van der Waals surface area contributed by atoms with Crippen molar-refractivity contribution < 1.29 is 9.32 Å². The third kappa shape index (κ3) is 3.96. The molecule has 130 valence electrons. The van der Waals surface area contributed by atoms with Gasteiger partial charge in [-0.05, 0) is 44.9 Å². The quantitative estimate of drug-likeness (QED) is 0.748. The SMILES string of the molecule is Cc1noc(C)c1CCC(=O)N[C@H](C)c1ccc(-n2ccnc2)cc1. The van der Waals surface area contributed by atoms with E-state index in [0.717, 1.165) is 28.3 Å². The van der Waals surface area contributed by atoms with Crippen LogP contribution in [-0.4, -0.2) is 20.6 Å². The maximum atomic E-state index is 12.2. The summed E-state index contributed by atoms with van der Waals surface area (Å²) in [7, 11) is 0. The number of imidazole rings is 1. The summed E-state index contributed by atoms with van der Waals surface area (Å²) >= 11 is 0. The van der Waals surface area contributed by atoms with E-state index in [0.29, 0.717) is 12.8 Å². The van der Waals surface area contributed by atoms with Crippen LogP contribution >= 0.6 is 0 Å². The zero-order valence-electron chi connectivity index (χ0n) is 14.7. The Kier molecular flexibility index (Phi) is 4.97. The molecule has 6 nitrogen and oxygen atoms in total. The van der Waals surface area contributed by atoms with Crippen LogP contribution in [0.3, 0.4) is 0 Å². The van der Waals surface area contributed by atoms with Gasteiger partial charge in [-0.1, -0.05) is 17.3 Å². The van der Waals surface area contributed by atoms with Crippen molar-refractivity contribution in [1.29, 1.82) is 0 Å². The van der Waals surface area contributed by atoms with Gasteiger partial charge in [0.25, 0.3) is 0 Å². The van der Waals surface area contributed by atoms with Crippen molar-refractivity contribution in [3.05, 3.63) is 65.6 Å². The van der Waals surface area contributed by atoms with E-state index in [-0.39, 0.29) is 11.9 Å². The smallest absolute Gasteiger partial charge is 0.220 e. The molecule has 1 N–H and O–H groups in total. The molecule has 0 radical (unpaired) electrons. The van der Waals surface area contributed by atoms with E-state index in [4.69, 9.17) is 4.52 Å². The lowest BCUT2D eigenvalue weighted by atomic mass is 10.1. The van der Waals surface area contributed by atoms with Crippen molar-refractivity contribution in [2.75, 3.05) is 0 Å². The van der Waals surface area contributed by atoms with Crippen LogP contribution in [0.1, 0.15) is 42.0 Å². The minimum Gasteiger partial charge on any atom is -0.361 e. The van der Waals surface area contributed by atoms with Crippen LogP contribution in [-0.2, 0) is 11.2 Å². The standard InChI is InChI=1S/C19H22N4O2/c1-13(16-4-6-17(7-5-16)23-11-10-20-12-23)21-19(24)9-8-18-14(2)22-25-15(18)3/h4-7,10-13H,8-9H2,1-3H3,(H,21,24)/t13-/m1/s1. The fourth-order valence-corrected chi connectivity index (χ4v) is 2.84. The monoisotopic (exact) mass is 338 g/mol. The fourth-order valence-electron chi connectivity index (χ4n) is 2.84. The summed E-state index contributed by atoms with van der Waals surface area (Å²) in [4.78, 5) is 16.3. The maximum Gasteiger partial charge on any atom is 0.220 e. The van der Waals surface area contributed by atoms with Crippen molar-refractivity contribution in [3.8, 4) is 5.69 Å². The van der Waals surface area contributed by atoms with Gasteiger partial charge in [0, 0.05) is 30.1 Å². The van der Waals surface area contributed by atoms with Crippen molar-refractivity contribution in [2.24, 2.45) is 0 Å². The van der Waals surface area contributed by atoms with E-state index < -0.39 is 0 Å². The van der Waals surface area contributed by atoms with Crippen molar-refractivity contribution in [3.63, 3.8) is 0 Å². The molecule has 25 heavy (non-hydrogen) atoms. The highest BCUT2D eigenvalue weighted by atomic mass is 16.5. The number of aromatic nitrogens is 3. The highest BCUT2D eigenvalue weighted by Crippen LogP contribution is 2.17. The predicted molar refractivity (Wildman–Crippen MR) is 94.4 cm³/mol. The molecule has 0 aliphatic rings. The Balaban J connectivity index is 1.56. The molecule has 2 aromatic heterocycles. The first-order chi connectivity index (χ1) is 12.0. The first-order valence-corrected chi connectivity index (χ1v) is 8.34. The molecule has 2 heterocycles. The highest BCUT2D eigenvalue weighted by Gasteiger charge is 2.13. The Labute approximate surface area is 146 Å². The summed E-state index contributed by atoms with van der Waals surface area (Å²) in [5.41, 5.74) is 3.98. The molecule has 1 atom stereocenters. The van der Waals surface area contributed by atoms with Gasteiger partial charge in [0.15, 0.2) is 0 Å². The van der Waals surface area contributed by atoms with Crippen LogP contribution in [0, 0.1) is 13.8 Å². The second kappa shape index (κ2) is 7.34. The molecule has 0 saturated heterocycles. The Hall–Kier alpha value is -2.89. The molecular weight excluding hydrogens is 316 g/mol. The van der Waals surface area contributed by atoms with Crippen LogP contribution in [0.4, 0.5) is 0 Å². The van der Waals surface area contributed by atoms with Gasteiger partial charge in [-0.15, -0.1) is 0 Å². The second-order valence-corrected chi connectivity index (χ2v) is 6.15. The number of nitrogens with zero attached hydrogens (tertiary/aromatic N) is 3. The summed E-state index contributed by atoms with van der Waals surface area (Å²) in [5, 5.41) is 6.96. The minimum absolute atomic E-state index is 0.0196. The molecule has 0 aliphatic heterocycles. The van der Waals surface area contributed by atoms with Gasteiger partial charge in [-0.25, -0.2) is 4.98 Å². The normalized spacial score (nSPS) is 12.1. The number of carbonyl (C=O) groups is 1. The molecule has 1 aromatic carbocycles. The number of rotatable bonds is 6. The van der Waals surface area contributed by atoms with E-state index in [1.807, 2.05) is 55.8 Å². The molecular formula is C19H22N4O2. The molecule has 1 amide bonds. The molecule has 0 spiro atoms. The van der Waals surface area contributed by atoms with Gasteiger partial charge in [0.05, 0.1) is 18.1 Å². The lowest BCUT2D eigenvalue weighted by Crippen LogP contribution is -2.26. The summed E-state index contributed by atoms with van der Waals surface area (Å²) < 4.78 is 7.07. The number of hydrogen-bond donors (Lipinski definition) is 1. The van der Waals surface area contributed by atoms with Crippen LogP contribution < -0.4 is 5.32 Å². The van der Waals surface area contributed by atoms with Crippen molar-refractivity contribution in [2.45, 2.75) is 39.7 Å². The highest BCUT2D eigenvalue weighted by molar-refractivity contribution is 5.76. The average Bonchev–Trinajstić information content (AvgIpc) is 3.24. The minimum atomic E-state index is -0.0472. The van der Waals surface area contributed by atoms with Crippen LogP contribution in [0.5, 0.6) is 0 Å². The molecule has 3 rings (SSSR count).